The first kappa shape index (κ1) is 9.51. The van der Waals surface area contributed by atoms with Crippen molar-refractivity contribution in [3.63, 3.8) is 0 Å². The summed E-state index contributed by atoms with van der Waals surface area (Å²) >= 11 is 0. The van der Waals surface area contributed by atoms with Crippen LogP contribution in [0.15, 0.2) is 22.9 Å². The van der Waals surface area contributed by atoms with Crippen LogP contribution in [-0.4, -0.2) is 21.3 Å². The van der Waals surface area contributed by atoms with Crippen LogP contribution >= 0.6 is 0 Å². The molecule has 0 bridgehead atoms. The Hall–Kier alpha value is -2.04. The van der Waals surface area contributed by atoms with Crippen LogP contribution in [0.25, 0.3) is 11.5 Å². The number of carboxylic acids is 1. The summed E-state index contributed by atoms with van der Waals surface area (Å²) in [6, 6.07) is 1.48. The number of aromatic nitrogens is 2. The predicted molar refractivity (Wildman–Crippen MR) is 52.6 cm³/mol. The number of furan rings is 1. The number of aromatic carboxylic acids is 1. The Morgan fingerprint density at radius 1 is 1.67 bits per heavy atom. The average molecular weight is 206 g/mol. The number of aryl methyl sites for hydroxylation is 1. The third-order valence-corrected chi connectivity index (χ3v) is 2.19. The van der Waals surface area contributed by atoms with Gasteiger partial charge < -0.3 is 9.52 Å². The highest BCUT2D eigenvalue weighted by Gasteiger charge is 2.13. The van der Waals surface area contributed by atoms with E-state index in [1.165, 1.54) is 12.3 Å². The molecule has 0 saturated carbocycles. The fourth-order valence-corrected chi connectivity index (χ4v) is 1.37. The van der Waals surface area contributed by atoms with E-state index >= 15 is 0 Å². The summed E-state index contributed by atoms with van der Waals surface area (Å²) in [5.41, 5.74) is 1.88. The van der Waals surface area contributed by atoms with Crippen LogP contribution in [0, 0.1) is 0 Å². The Morgan fingerprint density at radius 2 is 2.47 bits per heavy atom. The molecule has 0 unspecified atom stereocenters. The lowest BCUT2D eigenvalue weighted by molar-refractivity contribution is 0.0696. The lowest BCUT2D eigenvalue weighted by Gasteiger charge is -1.94. The van der Waals surface area contributed by atoms with Crippen molar-refractivity contribution in [3.8, 4) is 11.5 Å². The smallest absolute Gasteiger partial charge is 0.338 e. The number of carboxylic acid groups (broad SMARTS) is 1. The van der Waals surface area contributed by atoms with Gasteiger partial charge in [0.2, 0.25) is 0 Å². The fourth-order valence-electron chi connectivity index (χ4n) is 1.37. The fraction of sp³-hybridized carbons (Fsp3) is 0.200. The van der Waals surface area contributed by atoms with Crippen molar-refractivity contribution in [2.45, 2.75) is 13.3 Å². The highest BCUT2D eigenvalue weighted by Crippen LogP contribution is 2.23. The summed E-state index contributed by atoms with van der Waals surface area (Å²) in [5, 5.41) is 15.4. The number of carbonyl (C=O) groups is 1. The average Bonchev–Trinajstić information content (AvgIpc) is 2.85. The van der Waals surface area contributed by atoms with Crippen molar-refractivity contribution < 1.29 is 14.3 Å². The molecule has 0 aliphatic rings. The Kier molecular flexibility index (Phi) is 2.29. The van der Waals surface area contributed by atoms with E-state index in [0.29, 0.717) is 5.76 Å². The predicted octanol–water partition coefficient (Wildman–Crippen LogP) is 1.93. The molecule has 2 heterocycles. The van der Waals surface area contributed by atoms with Crippen molar-refractivity contribution in [1.82, 2.24) is 10.2 Å². The molecule has 0 aliphatic carbocycles. The minimum Gasteiger partial charge on any atom is -0.478 e. The van der Waals surface area contributed by atoms with Crippen molar-refractivity contribution in [2.75, 3.05) is 0 Å². The quantitative estimate of drug-likeness (QED) is 0.804. The summed E-state index contributed by atoms with van der Waals surface area (Å²) in [5.74, 6) is -0.496. The molecule has 0 fully saturated rings. The molecule has 0 amide bonds. The standard InChI is InChI=1S/C10H10N2O3/c1-2-6-4-11-12-9(6)8-3-7(5-15-8)10(13)14/h3-5H,2H2,1H3,(H,11,12)(H,13,14). The Labute approximate surface area is 85.7 Å². The van der Waals surface area contributed by atoms with Gasteiger partial charge in [-0.3, -0.25) is 5.10 Å². The van der Waals surface area contributed by atoms with E-state index in [4.69, 9.17) is 9.52 Å². The van der Waals surface area contributed by atoms with Crippen LogP contribution in [-0.2, 0) is 6.42 Å². The van der Waals surface area contributed by atoms with Gasteiger partial charge in [-0.05, 0) is 6.42 Å². The van der Waals surface area contributed by atoms with Gasteiger partial charge in [0, 0.05) is 11.6 Å². The summed E-state index contributed by atoms with van der Waals surface area (Å²) in [7, 11) is 0. The van der Waals surface area contributed by atoms with Crippen molar-refractivity contribution in [1.29, 1.82) is 0 Å². The summed E-state index contributed by atoms with van der Waals surface area (Å²) in [4.78, 5) is 10.7. The van der Waals surface area contributed by atoms with Crippen LogP contribution in [0.2, 0.25) is 0 Å². The van der Waals surface area contributed by atoms with E-state index in [-0.39, 0.29) is 5.56 Å². The van der Waals surface area contributed by atoms with E-state index in [1.54, 1.807) is 6.20 Å². The maximum absolute atomic E-state index is 10.7. The molecule has 78 valence electrons. The largest absolute Gasteiger partial charge is 0.478 e. The normalized spacial score (nSPS) is 10.5. The molecular weight excluding hydrogens is 196 g/mol. The van der Waals surface area contributed by atoms with Crippen LogP contribution in [0.1, 0.15) is 22.8 Å². The van der Waals surface area contributed by atoms with Gasteiger partial charge in [-0.15, -0.1) is 0 Å². The summed E-state index contributed by atoms with van der Waals surface area (Å²) in [6.45, 7) is 2.00. The molecule has 2 rings (SSSR count). The molecule has 5 heteroatoms. The van der Waals surface area contributed by atoms with Crippen LogP contribution in [0.5, 0.6) is 0 Å². The van der Waals surface area contributed by atoms with Gasteiger partial charge in [-0.25, -0.2) is 4.79 Å². The number of H-pyrrole nitrogens is 1. The zero-order valence-electron chi connectivity index (χ0n) is 8.15. The maximum atomic E-state index is 10.7. The van der Waals surface area contributed by atoms with E-state index in [0.717, 1.165) is 17.7 Å². The first-order valence-electron chi connectivity index (χ1n) is 4.56. The van der Waals surface area contributed by atoms with Gasteiger partial charge in [0.1, 0.15) is 12.0 Å². The Bertz CT molecular complexity index is 484. The second-order valence-electron chi connectivity index (χ2n) is 3.13. The van der Waals surface area contributed by atoms with Crippen LogP contribution < -0.4 is 0 Å². The van der Waals surface area contributed by atoms with E-state index in [1.807, 2.05) is 6.92 Å². The van der Waals surface area contributed by atoms with Gasteiger partial charge in [0.15, 0.2) is 5.76 Å². The van der Waals surface area contributed by atoms with Gasteiger partial charge in [-0.1, -0.05) is 6.92 Å². The number of nitrogens with one attached hydrogen (secondary N) is 1. The van der Waals surface area contributed by atoms with Crippen LogP contribution in [0.3, 0.4) is 0 Å². The van der Waals surface area contributed by atoms with Crippen molar-refractivity contribution in [2.24, 2.45) is 0 Å². The molecule has 2 N–H and O–H groups in total. The first-order valence-corrected chi connectivity index (χ1v) is 4.56. The third-order valence-electron chi connectivity index (χ3n) is 2.19. The monoisotopic (exact) mass is 206 g/mol. The molecular formula is C10H10N2O3. The molecule has 0 atom stereocenters. The lowest BCUT2D eigenvalue weighted by atomic mass is 10.1. The Morgan fingerprint density at radius 3 is 3.07 bits per heavy atom. The number of hydrogen-bond acceptors (Lipinski definition) is 3. The van der Waals surface area contributed by atoms with Crippen molar-refractivity contribution >= 4 is 5.97 Å². The van der Waals surface area contributed by atoms with Gasteiger partial charge in [-0.2, -0.15) is 5.10 Å². The zero-order chi connectivity index (χ0) is 10.8. The summed E-state index contributed by atoms with van der Waals surface area (Å²) in [6.07, 6.45) is 3.74. The highest BCUT2D eigenvalue weighted by atomic mass is 16.4. The first-order chi connectivity index (χ1) is 7.22. The molecule has 2 aromatic heterocycles. The second kappa shape index (κ2) is 3.61. The van der Waals surface area contributed by atoms with Crippen molar-refractivity contribution in [3.05, 3.63) is 29.7 Å². The van der Waals surface area contributed by atoms with E-state index in [9.17, 15) is 4.79 Å². The SMILES string of the molecule is CCc1cn[nH]c1-c1cc(C(=O)O)co1. The molecule has 0 aliphatic heterocycles. The lowest BCUT2D eigenvalue weighted by Crippen LogP contribution is -1.91. The molecule has 0 spiro atoms. The minimum absolute atomic E-state index is 0.140. The highest BCUT2D eigenvalue weighted by molar-refractivity contribution is 5.88. The Balaban J connectivity index is 2.41. The molecule has 0 aromatic carbocycles. The number of rotatable bonds is 3. The number of hydrogen-bond donors (Lipinski definition) is 2. The van der Waals surface area contributed by atoms with Gasteiger partial charge >= 0.3 is 5.97 Å². The topological polar surface area (TPSA) is 79.1 Å². The van der Waals surface area contributed by atoms with Gasteiger partial charge in [0.25, 0.3) is 0 Å². The van der Waals surface area contributed by atoms with E-state index in [2.05, 4.69) is 10.2 Å². The molecule has 15 heavy (non-hydrogen) atoms. The minimum atomic E-state index is -0.998. The maximum Gasteiger partial charge on any atom is 0.338 e. The molecule has 2 aromatic rings. The molecule has 5 nitrogen and oxygen atoms in total. The summed E-state index contributed by atoms with van der Waals surface area (Å²) < 4.78 is 5.16. The zero-order valence-corrected chi connectivity index (χ0v) is 8.15. The second-order valence-corrected chi connectivity index (χ2v) is 3.13. The number of aromatic amines is 1. The van der Waals surface area contributed by atoms with Crippen LogP contribution in [0.4, 0.5) is 0 Å². The third kappa shape index (κ3) is 1.63. The molecule has 0 saturated heterocycles. The van der Waals surface area contributed by atoms with E-state index < -0.39 is 5.97 Å². The van der Waals surface area contributed by atoms with Gasteiger partial charge in [0.05, 0.1) is 11.8 Å². The molecule has 0 radical (unpaired) electrons. The number of nitrogens with zero attached hydrogens (tertiary/aromatic N) is 1.